The molecular formula is C13H17N3O3. The Morgan fingerprint density at radius 2 is 2.00 bits per heavy atom. The zero-order valence-corrected chi connectivity index (χ0v) is 10.6. The molecule has 1 atom stereocenters. The van der Waals surface area contributed by atoms with Gasteiger partial charge < -0.3 is 21.5 Å². The summed E-state index contributed by atoms with van der Waals surface area (Å²) in [5.74, 6) is -1.03. The molecule has 6 nitrogen and oxygen atoms in total. The van der Waals surface area contributed by atoms with Crippen molar-refractivity contribution in [2.24, 2.45) is 5.92 Å². The van der Waals surface area contributed by atoms with Gasteiger partial charge in [0.1, 0.15) is 5.54 Å². The number of rotatable bonds is 4. The van der Waals surface area contributed by atoms with Gasteiger partial charge in [-0.2, -0.15) is 0 Å². The summed E-state index contributed by atoms with van der Waals surface area (Å²) in [6, 6.07) is 6.25. The number of urea groups is 1. The number of nitrogen functional groups attached to an aromatic ring is 1. The maximum atomic E-state index is 11.9. The molecule has 1 aliphatic carbocycles. The Bertz CT molecular complexity index is 514. The zero-order chi connectivity index (χ0) is 14.0. The Balaban J connectivity index is 2.05. The van der Waals surface area contributed by atoms with Gasteiger partial charge in [0, 0.05) is 0 Å². The van der Waals surface area contributed by atoms with Crippen molar-refractivity contribution in [1.29, 1.82) is 0 Å². The summed E-state index contributed by atoms with van der Waals surface area (Å²) in [5.41, 5.74) is 5.37. The van der Waals surface area contributed by atoms with Crippen LogP contribution < -0.4 is 16.4 Å². The van der Waals surface area contributed by atoms with Crippen molar-refractivity contribution in [2.45, 2.75) is 25.3 Å². The number of carboxylic acid groups (broad SMARTS) is 1. The van der Waals surface area contributed by atoms with Gasteiger partial charge in [-0.1, -0.05) is 12.1 Å². The van der Waals surface area contributed by atoms with E-state index in [0.717, 1.165) is 12.8 Å². The predicted molar refractivity (Wildman–Crippen MR) is 71.8 cm³/mol. The monoisotopic (exact) mass is 263 g/mol. The van der Waals surface area contributed by atoms with Crippen LogP contribution in [0, 0.1) is 5.92 Å². The van der Waals surface area contributed by atoms with Gasteiger partial charge >= 0.3 is 12.0 Å². The Hall–Kier alpha value is -2.24. The highest BCUT2D eigenvalue weighted by Gasteiger charge is 2.48. The summed E-state index contributed by atoms with van der Waals surface area (Å²) < 4.78 is 0. The lowest BCUT2D eigenvalue weighted by molar-refractivity contribution is -0.144. The fourth-order valence-electron chi connectivity index (χ4n) is 1.99. The summed E-state index contributed by atoms with van der Waals surface area (Å²) in [6.07, 6.45) is 1.63. The smallest absolute Gasteiger partial charge is 0.329 e. The second-order valence-corrected chi connectivity index (χ2v) is 4.95. The van der Waals surface area contributed by atoms with Crippen molar-refractivity contribution in [2.75, 3.05) is 11.1 Å². The molecule has 0 heterocycles. The molecule has 1 saturated carbocycles. The summed E-state index contributed by atoms with van der Waals surface area (Å²) in [7, 11) is 0. The van der Waals surface area contributed by atoms with Gasteiger partial charge in [-0.05, 0) is 37.8 Å². The predicted octanol–water partition coefficient (Wildman–Crippen LogP) is 1.64. The number of amides is 2. The lowest BCUT2D eigenvalue weighted by Crippen LogP contribution is -2.55. The van der Waals surface area contributed by atoms with Crippen LogP contribution in [0.25, 0.3) is 0 Å². The van der Waals surface area contributed by atoms with Crippen molar-refractivity contribution < 1.29 is 14.7 Å². The van der Waals surface area contributed by atoms with Crippen LogP contribution in [-0.4, -0.2) is 22.6 Å². The summed E-state index contributed by atoms with van der Waals surface area (Å²) in [6.45, 7) is 1.53. The van der Waals surface area contributed by atoms with Gasteiger partial charge in [-0.25, -0.2) is 9.59 Å². The number of carboxylic acids is 1. The van der Waals surface area contributed by atoms with Crippen LogP contribution in [0.1, 0.15) is 19.8 Å². The number of anilines is 2. The van der Waals surface area contributed by atoms with Gasteiger partial charge in [0.05, 0.1) is 11.4 Å². The highest BCUT2D eigenvalue weighted by Crippen LogP contribution is 2.39. The average molecular weight is 263 g/mol. The number of carbonyl (C=O) groups excluding carboxylic acids is 1. The minimum Gasteiger partial charge on any atom is -0.480 e. The molecule has 1 aliphatic rings. The highest BCUT2D eigenvalue weighted by molar-refractivity contribution is 5.96. The molecular weight excluding hydrogens is 246 g/mol. The van der Waals surface area contributed by atoms with E-state index in [9.17, 15) is 14.7 Å². The molecule has 0 aromatic heterocycles. The van der Waals surface area contributed by atoms with Gasteiger partial charge in [0.25, 0.3) is 0 Å². The van der Waals surface area contributed by atoms with E-state index in [1.54, 1.807) is 24.3 Å². The van der Waals surface area contributed by atoms with Crippen LogP contribution in [0.15, 0.2) is 24.3 Å². The lowest BCUT2D eigenvalue weighted by Gasteiger charge is -2.26. The molecule has 5 N–H and O–H groups in total. The maximum absolute atomic E-state index is 11.9. The van der Waals surface area contributed by atoms with Crippen LogP contribution in [0.5, 0.6) is 0 Å². The first kappa shape index (κ1) is 13.2. The molecule has 1 aromatic carbocycles. The Morgan fingerprint density at radius 3 is 2.53 bits per heavy atom. The van der Waals surface area contributed by atoms with Gasteiger partial charge in [-0.3, -0.25) is 0 Å². The summed E-state index contributed by atoms with van der Waals surface area (Å²) in [5, 5.41) is 14.3. The van der Waals surface area contributed by atoms with Gasteiger partial charge in [0.15, 0.2) is 0 Å². The molecule has 1 fully saturated rings. The van der Waals surface area contributed by atoms with E-state index >= 15 is 0 Å². The first-order valence-corrected chi connectivity index (χ1v) is 6.10. The zero-order valence-electron chi connectivity index (χ0n) is 10.6. The van der Waals surface area contributed by atoms with Crippen molar-refractivity contribution in [3.8, 4) is 0 Å². The molecule has 0 saturated heterocycles. The number of nitrogens with one attached hydrogen (secondary N) is 2. The molecule has 1 unspecified atom stereocenters. The number of para-hydroxylation sites is 2. The third-order valence-corrected chi connectivity index (χ3v) is 3.42. The van der Waals surface area contributed by atoms with Gasteiger partial charge in [-0.15, -0.1) is 0 Å². The molecule has 2 rings (SSSR count). The molecule has 6 heteroatoms. The van der Waals surface area contributed by atoms with Crippen molar-refractivity contribution >= 4 is 23.4 Å². The largest absolute Gasteiger partial charge is 0.480 e. The lowest BCUT2D eigenvalue weighted by atomic mass is 9.96. The summed E-state index contributed by atoms with van der Waals surface area (Å²) >= 11 is 0. The van der Waals surface area contributed by atoms with E-state index in [4.69, 9.17) is 5.73 Å². The molecule has 0 spiro atoms. The van der Waals surface area contributed by atoms with Crippen molar-refractivity contribution in [3.63, 3.8) is 0 Å². The molecule has 102 valence electrons. The number of benzene rings is 1. The Morgan fingerprint density at radius 1 is 1.37 bits per heavy atom. The highest BCUT2D eigenvalue weighted by atomic mass is 16.4. The molecule has 0 radical (unpaired) electrons. The fourth-order valence-corrected chi connectivity index (χ4v) is 1.99. The topological polar surface area (TPSA) is 104 Å². The normalized spacial score (nSPS) is 17.3. The van der Waals surface area contributed by atoms with Crippen LogP contribution in [0.2, 0.25) is 0 Å². The van der Waals surface area contributed by atoms with Crippen LogP contribution in [0.3, 0.4) is 0 Å². The Kier molecular flexibility index (Phi) is 3.33. The quantitative estimate of drug-likeness (QED) is 0.620. The number of carbonyl (C=O) groups is 2. The molecule has 2 amide bonds. The second kappa shape index (κ2) is 4.79. The summed E-state index contributed by atoms with van der Waals surface area (Å²) in [4.78, 5) is 23.2. The third kappa shape index (κ3) is 2.78. The molecule has 0 bridgehead atoms. The average Bonchev–Trinajstić information content (AvgIpc) is 3.16. The van der Waals surface area contributed by atoms with E-state index in [2.05, 4.69) is 10.6 Å². The minimum absolute atomic E-state index is 0.0103. The van der Waals surface area contributed by atoms with E-state index in [0.29, 0.717) is 11.4 Å². The standard InChI is InChI=1S/C13H17N3O3/c1-13(11(17)18,8-6-7-8)16-12(19)15-10-5-3-2-4-9(10)14/h2-5,8H,6-7,14H2,1H3,(H,17,18)(H2,15,16,19). The van der Waals surface area contributed by atoms with E-state index in [1.807, 2.05) is 0 Å². The number of hydrogen-bond donors (Lipinski definition) is 4. The van der Waals surface area contributed by atoms with Gasteiger partial charge in [0.2, 0.25) is 0 Å². The van der Waals surface area contributed by atoms with Crippen molar-refractivity contribution in [1.82, 2.24) is 5.32 Å². The number of hydrogen-bond acceptors (Lipinski definition) is 3. The first-order chi connectivity index (χ1) is 8.93. The van der Waals surface area contributed by atoms with Crippen molar-refractivity contribution in [3.05, 3.63) is 24.3 Å². The SMILES string of the molecule is CC(NC(=O)Nc1ccccc1N)(C(=O)O)C1CC1. The fraction of sp³-hybridized carbons (Fsp3) is 0.385. The van der Waals surface area contributed by atoms with E-state index in [-0.39, 0.29) is 5.92 Å². The molecule has 19 heavy (non-hydrogen) atoms. The second-order valence-electron chi connectivity index (χ2n) is 4.95. The number of aliphatic carboxylic acids is 1. The third-order valence-electron chi connectivity index (χ3n) is 3.42. The Labute approximate surface area is 111 Å². The van der Waals surface area contributed by atoms with Crippen LogP contribution in [0.4, 0.5) is 16.2 Å². The van der Waals surface area contributed by atoms with E-state index < -0.39 is 17.5 Å². The van der Waals surface area contributed by atoms with Crippen LogP contribution in [-0.2, 0) is 4.79 Å². The van der Waals surface area contributed by atoms with E-state index in [1.165, 1.54) is 6.92 Å². The molecule has 1 aromatic rings. The first-order valence-electron chi connectivity index (χ1n) is 6.10. The number of nitrogens with two attached hydrogens (primary N) is 1. The van der Waals surface area contributed by atoms with Crippen LogP contribution >= 0.6 is 0 Å². The molecule has 0 aliphatic heterocycles. The maximum Gasteiger partial charge on any atom is 0.329 e. The minimum atomic E-state index is -1.23.